The van der Waals surface area contributed by atoms with Gasteiger partial charge in [-0.25, -0.2) is 8.78 Å². The van der Waals surface area contributed by atoms with Crippen LogP contribution < -0.4 is 5.73 Å². The third-order valence-electron chi connectivity index (χ3n) is 2.28. The van der Waals surface area contributed by atoms with Crippen LogP contribution in [0.1, 0.15) is 0 Å². The number of anilines is 1. The largest absolute Gasteiger partial charge is 0.383 e. The van der Waals surface area contributed by atoms with E-state index in [2.05, 4.69) is 21.0 Å². The van der Waals surface area contributed by atoms with Crippen LogP contribution in [0.2, 0.25) is 0 Å². The maximum atomic E-state index is 13.6. The molecule has 16 heavy (non-hydrogen) atoms. The Hall–Kier alpha value is -1.43. The summed E-state index contributed by atoms with van der Waals surface area (Å²) < 4.78 is 28.2. The molecule has 0 aliphatic carbocycles. The summed E-state index contributed by atoms with van der Waals surface area (Å²) in [5.41, 5.74) is 6.38. The van der Waals surface area contributed by atoms with Crippen molar-refractivity contribution in [3.05, 3.63) is 34.4 Å². The predicted molar refractivity (Wildman–Crippen MR) is 60.7 cm³/mol. The number of benzene rings is 1. The van der Waals surface area contributed by atoms with Crippen molar-refractivity contribution in [1.29, 1.82) is 0 Å². The molecule has 0 aliphatic rings. The lowest BCUT2D eigenvalue weighted by atomic mass is 10.1. The summed E-state index contributed by atoms with van der Waals surface area (Å²) in [5.74, 6) is -0.985. The molecule has 2 N–H and O–H groups in total. The minimum atomic E-state index is -0.666. The molecule has 0 fully saturated rings. The molecule has 2 rings (SSSR count). The molecule has 3 nitrogen and oxygen atoms in total. The van der Waals surface area contributed by atoms with Gasteiger partial charge < -0.3 is 5.73 Å². The van der Waals surface area contributed by atoms with Gasteiger partial charge in [-0.05, 0) is 22.0 Å². The zero-order chi connectivity index (χ0) is 11.9. The molecule has 0 amide bonds. The second kappa shape index (κ2) is 3.86. The fraction of sp³-hybridized carbons (Fsp3) is 0.100. The number of aromatic nitrogens is 2. The monoisotopic (exact) mass is 287 g/mol. The van der Waals surface area contributed by atoms with E-state index in [0.29, 0.717) is 11.4 Å². The third-order valence-corrected chi connectivity index (χ3v) is 2.89. The molecular weight excluding hydrogens is 280 g/mol. The van der Waals surface area contributed by atoms with Gasteiger partial charge >= 0.3 is 0 Å². The molecule has 0 atom stereocenters. The van der Waals surface area contributed by atoms with Crippen LogP contribution in [0.25, 0.3) is 11.1 Å². The minimum Gasteiger partial charge on any atom is -0.383 e. The average molecular weight is 288 g/mol. The van der Waals surface area contributed by atoms with Crippen LogP contribution in [0.4, 0.5) is 14.6 Å². The minimum absolute atomic E-state index is 0.187. The number of rotatable bonds is 1. The van der Waals surface area contributed by atoms with Crippen molar-refractivity contribution >= 4 is 21.7 Å². The van der Waals surface area contributed by atoms with Gasteiger partial charge in [-0.3, -0.25) is 4.68 Å². The molecule has 6 heteroatoms. The quantitative estimate of drug-likeness (QED) is 0.820. The number of hydrogen-bond donors (Lipinski definition) is 1. The van der Waals surface area contributed by atoms with Crippen molar-refractivity contribution in [3.8, 4) is 11.1 Å². The van der Waals surface area contributed by atoms with E-state index >= 15 is 0 Å². The third kappa shape index (κ3) is 1.69. The number of nitrogens with two attached hydrogens (primary N) is 1. The Morgan fingerprint density at radius 3 is 2.50 bits per heavy atom. The lowest BCUT2D eigenvalue weighted by molar-refractivity contribution is 0.581. The van der Waals surface area contributed by atoms with Crippen molar-refractivity contribution in [2.75, 3.05) is 5.73 Å². The number of nitrogens with zero attached hydrogens (tertiary/aromatic N) is 2. The predicted octanol–water partition coefficient (Wildman–Crippen LogP) is 2.71. The van der Waals surface area contributed by atoms with Crippen LogP contribution in [0, 0.1) is 11.6 Å². The molecule has 0 saturated heterocycles. The van der Waals surface area contributed by atoms with Crippen molar-refractivity contribution < 1.29 is 8.78 Å². The molecule has 2 aromatic rings. The van der Waals surface area contributed by atoms with Gasteiger partial charge in [-0.2, -0.15) is 5.10 Å². The van der Waals surface area contributed by atoms with Crippen LogP contribution in [0.5, 0.6) is 0 Å². The van der Waals surface area contributed by atoms with Gasteiger partial charge in [0.25, 0.3) is 0 Å². The molecule has 0 bridgehead atoms. The first-order valence-electron chi connectivity index (χ1n) is 4.43. The van der Waals surface area contributed by atoms with E-state index in [4.69, 9.17) is 5.73 Å². The standard InChI is InChI=1S/C10H8BrF2N3/c1-16-10(14)6(4-15-16)5-2-7(11)9(13)3-8(5)12/h2-4H,14H2,1H3. The van der Waals surface area contributed by atoms with Crippen LogP contribution in [0.3, 0.4) is 0 Å². The van der Waals surface area contributed by atoms with Gasteiger partial charge in [0.1, 0.15) is 17.5 Å². The highest BCUT2D eigenvalue weighted by molar-refractivity contribution is 9.10. The molecular formula is C10H8BrF2N3. The average Bonchev–Trinajstić information content (AvgIpc) is 2.54. The topological polar surface area (TPSA) is 43.8 Å². The first-order chi connectivity index (χ1) is 7.50. The van der Waals surface area contributed by atoms with E-state index in [0.717, 1.165) is 6.07 Å². The highest BCUT2D eigenvalue weighted by atomic mass is 79.9. The van der Waals surface area contributed by atoms with Gasteiger partial charge in [0, 0.05) is 24.2 Å². The fourth-order valence-electron chi connectivity index (χ4n) is 1.38. The maximum absolute atomic E-state index is 13.6. The van der Waals surface area contributed by atoms with Crippen LogP contribution in [-0.2, 0) is 7.05 Å². The van der Waals surface area contributed by atoms with E-state index in [1.807, 2.05) is 0 Å². The van der Waals surface area contributed by atoms with E-state index in [1.165, 1.54) is 16.9 Å². The second-order valence-electron chi connectivity index (χ2n) is 3.31. The molecule has 1 aromatic carbocycles. The summed E-state index contributed by atoms with van der Waals surface area (Å²) in [6.07, 6.45) is 1.44. The number of halogens is 3. The van der Waals surface area contributed by atoms with Gasteiger partial charge in [0.2, 0.25) is 0 Å². The van der Waals surface area contributed by atoms with E-state index in [1.54, 1.807) is 7.05 Å². The van der Waals surface area contributed by atoms with E-state index in [-0.39, 0.29) is 10.0 Å². The SMILES string of the molecule is Cn1ncc(-c2cc(Br)c(F)cc2F)c1N. The normalized spacial score (nSPS) is 10.8. The van der Waals surface area contributed by atoms with Gasteiger partial charge in [0.05, 0.1) is 10.7 Å². The van der Waals surface area contributed by atoms with Gasteiger partial charge in [-0.15, -0.1) is 0 Å². The van der Waals surface area contributed by atoms with Crippen molar-refractivity contribution in [1.82, 2.24) is 9.78 Å². The highest BCUT2D eigenvalue weighted by Crippen LogP contribution is 2.31. The van der Waals surface area contributed by atoms with Crippen molar-refractivity contribution in [2.24, 2.45) is 7.05 Å². The molecule has 0 saturated carbocycles. The summed E-state index contributed by atoms with van der Waals surface area (Å²) in [6, 6.07) is 2.16. The number of hydrogen-bond acceptors (Lipinski definition) is 2. The Kier molecular flexibility index (Phi) is 2.67. The first-order valence-corrected chi connectivity index (χ1v) is 5.22. The Bertz CT molecular complexity index is 551. The lowest BCUT2D eigenvalue weighted by Gasteiger charge is -2.04. The first kappa shape index (κ1) is 11.1. The van der Waals surface area contributed by atoms with Gasteiger partial charge in [-0.1, -0.05) is 0 Å². The summed E-state index contributed by atoms with van der Waals surface area (Å²) in [5, 5.41) is 3.90. The summed E-state index contributed by atoms with van der Waals surface area (Å²) in [4.78, 5) is 0. The molecule has 0 aliphatic heterocycles. The van der Waals surface area contributed by atoms with Crippen LogP contribution in [-0.4, -0.2) is 9.78 Å². The van der Waals surface area contributed by atoms with Crippen LogP contribution in [0.15, 0.2) is 22.8 Å². The lowest BCUT2D eigenvalue weighted by Crippen LogP contribution is -1.98. The summed E-state index contributed by atoms with van der Waals surface area (Å²) in [7, 11) is 1.65. The zero-order valence-corrected chi connectivity index (χ0v) is 9.92. The molecule has 0 unspecified atom stereocenters. The Balaban J connectivity index is 2.65. The van der Waals surface area contributed by atoms with Crippen molar-refractivity contribution in [2.45, 2.75) is 0 Å². The summed E-state index contributed by atoms with van der Waals surface area (Å²) in [6.45, 7) is 0. The number of aryl methyl sites for hydroxylation is 1. The van der Waals surface area contributed by atoms with E-state index < -0.39 is 11.6 Å². The molecule has 84 valence electrons. The summed E-state index contributed by atoms with van der Waals surface area (Å²) >= 11 is 3.00. The highest BCUT2D eigenvalue weighted by Gasteiger charge is 2.14. The molecule has 0 radical (unpaired) electrons. The second-order valence-corrected chi connectivity index (χ2v) is 4.17. The Morgan fingerprint density at radius 2 is 1.94 bits per heavy atom. The fourth-order valence-corrected chi connectivity index (χ4v) is 1.73. The maximum Gasteiger partial charge on any atom is 0.140 e. The van der Waals surface area contributed by atoms with Crippen LogP contribution >= 0.6 is 15.9 Å². The molecule has 0 spiro atoms. The Morgan fingerprint density at radius 1 is 1.25 bits per heavy atom. The van der Waals surface area contributed by atoms with Crippen molar-refractivity contribution in [3.63, 3.8) is 0 Å². The molecule has 1 heterocycles. The Labute approximate surface area is 99.0 Å². The number of nitrogen functional groups attached to an aromatic ring is 1. The van der Waals surface area contributed by atoms with Gasteiger partial charge in [0.15, 0.2) is 0 Å². The zero-order valence-electron chi connectivity index (χ0n) is 8.34. The smallest absolute Gasteiger partial charge is 0.140 e. The molecule has 1 aromatic heterocycles. The van der Waals surface area contributed by atoms with E-state index in [9.17, 15) is 8.78 Å².